The first-order chi connectivity index (χ1) is 14.8. The fourth-order valence-electron chi connectivity index (χ4n) is 3.55. The van der Waals surface area contributed by atoms with Crippen LogP contribution in [0.5, 0.6) is 0 Å². The smallest absolute Gasteiger partial charge is 0.335 e. The molecule has 3 unspecified atom stereocenters. The SMILES string of the molecule is CC(=O)C1=CC=C(OCc2cccc(C(O)c3cccc(C(=O)O)c3)c2)C(C)C1N=O. The summed E-state index contributed by atoms with van der Waals surface area (Å²) in [6.07, 6.45) is 2.26. The van der Waals surface area contributed by atoms with Crippen LogP contribution >= 0.6 is 0 Å². The number of Topliss-reactive ketones (excluding diaryl/α,β-unsaturated/α-hetero) is 1. The molecule has 1 aliphatic carbocycles. The maximum atomic E-state index is 11.7. The Hall–Kier alpha value is -3.58. The molecule has 2 N–H and O–H groups in total. The average Bonchev–Trinajstić information content (AvgIpc) is 2.77. The van der Waals surface area contributed by atoms with Crippen molar-refractivity contribution < 1.29 is 24.5 Å². The summed E-state index contributed by atoms with van der Waals surface area (Å²) in [6, 6.07) is 12.5. The van der Waals surface area contributed by atoms with Crippen molar-refractivity contribution in [2.75, 3.05) is 0 Å². The highest BCUT2D eigenvalue weighted by Gasteiger charge is 2.31. The van der Waals surface area contributed by atoms with Crippen LogP contribution in [0.4, 0.5) is 0 Å². The molecule has 1 aliphatic rings. The molecule has 0 radical (unpaired) electrons. The zero-order valence-corrected chi connectivity index (χ0v) is 17.2. The van der Waals surface area contributed by atoms with Crippen molar-refractivity contribution in [1.82, 2.24) is 0 Å². The van der Waals surface area contributed by atoms with Crippen LogP contribution in [-0.4, -0.2) is 28.0 Å². The number of benzene rings is 2. The molecule has 3 rings (SSSR count). The van der Waals surface area contributed by atoms with Crippen LogP contribution in [-0.2, 0) is 16.1 Å². The molecule has 2 aromatic rings. The molecule has 7 heteroatoms. The zero-order chi connectivity index (χ0) is 22.5. The number of nitroso groups, excluding NO2 is 1. The summed E-state index contributed by atoms with van der Waals surface area (Å²) in [6.45, 7) is 3.38. The highest BCUT2D eigenvalue weighted by molar-refractivity contribution is 5.95. The number of aliphatic hydroxyl groups is 1. The monoisotopic (exact) mass is 421 g/mol. The van der Waals surface area contributed by atoms with Gasteiger partial charge in [-0.25, -0.2) is 4.79 Å². The van der Waals surface area contributed by atoms with Gasteiger partial charge >= 0.3 is 5.97 Å². The lowest BCUT2D eigenvalue weighted by atomic mass is 9.87. The number of aromatic carboxylic acids is 1. The van der Waals surface area contributed by atoms with Crippen molar-refractivity contribution in [2.24, 2.45) is 11.1 Å². The van der Waals surface area contributed by atoms with Crippen molar-refractivity contribution in [1.29, 1.82) is 0 Å². The maximum absolute atomic E-state index is 11.7. The Morgan fingerprint density at radius 1 is 1.10 bits per heavy atom. The second kappa shape index (κ2) is 9.49. The molecular weight excluding hydrogens is 398 g/mol. The van der Waals surface area contributed by atoms with Gasteiger partial charge in [0.05, 0.1) is 5.56 Å². The largest absolute Gasteiger partial charge is 0.493 e. The second-order valence-corrected chi connectivity index (χ2v) is 7.45. The molecule has 0 saturated carbocycles. The van der Waals surface area contributed by atoms with Crippen molar-refractivity contribution in [2.45, 2.75) is 32.6 Å². The number of carboxylic acids is 1. The molecule has 7 nitrogen and oxygen atoms in total. The van der Waals surface area contributed by atoms with Crippen molar-refractivity contribution in [3.63, 3.8) is 0 Å². The first-order valence-corrected chi connectivity index (χ1v) is 9.80. The molecule has 0 aromatic heterocycles. The minimum absolute atomic E-state index is 0.102. The quantitative estimate of drug-likeness (QED) is 0.619. The number of carboxylic acid groups (broad SMARTS) is 1. The third-order valence-corrected chi connectivity index (χ3v) is 5.31. The number of allylic oxidation sites excluding steroid dienone is 2. The number of hydrogen-bond acceptors (Lipinski definition) is 6. The van der Waals surface area contributed by atoms with Crippen molar-refractivity contribution in [3.8, 4) is 0 Å². The van der Waals surface area contributed by atoms with Crippen LogP contribution in [0.2, 0.25) is 0 Å². The molecule has 0 spiro atoms. The topological polar surface area (TPSA) is 113 Å². The Balaban J connectivity index is 1.75. The van der Waals surface area contributed by atoms with Gasteiger partial charge < -0.3 is 14.9 Å². The van der Waals surface area contributed by atoms with Gasteiger partial charge in [0.2, 0.25) is 0 Å². The van der Waals surface area contributed by atoms with Gasteiger partial charge in [0, 0.05) is 11.5 Å². The second-order valence-electron chi connectivity index (χ2n) is 7.45. The number of rotatable bonds is 8. The summed E-state index contributed by atoms with van der Waals surface area (Å²) < 4.78 is 5.88. The third kappa shape index (κ3) is 4.95. The minimum atomic E-state index is -1.06. The lowest BCUT2D eigenvalue weighted by Gasteiger charge is -2.25. The highest BCUT2D eigenvalue weighted by Crippen LogP contribution is 2.30. The standard InChI is InChI=1S/C24H23NO6/c1-14-21(10-9-20(15(2)26)22(14)25-30)31-13-16-5-3-6-17(11-16)23(27)18-7-4-8-19(12-18)24(28)29/h3-12,14,22-23,27H,13H2,1-2H3,(H,28,29). The Bertz CT molecular complexity index is 1070. The van der Waals surface area contributed by atoms with Gasteiger partial charge in [-0.1, -0.05) is 42.4 Å². The molecule has 0 saturated heterocycles. The summed E-state index contributed by atoms with van der Waals surface area (Å²) in [4.78, 5) is 34.1. The minimum Gasteiger partial charge on any atom is -0.493 e. The first kappa shape index (κ1) is 22.1. The number of ether oxygens (including phenoxy) is 1. The predicted octanol–water partition coefficient (Wildman–Crippen LogP) is 4.17. The fraction of sp³-hybridized carbons (Fsp3) is 0.250. The number of carbonyl (C=O) groups excluding carboxylic acids is 1. The summed E-state index contributed by atoms with van der Waals surface area (Å²) in [5.41, 5.74) is 2.33. The summed E-state index contributed by atoms with van der Waals surface area (Å²) >= 11 is 0. The molecule has 3 atom stereocenters. The van der Waals surface area contributed by atoms with Gasteiger partial charge in [-0.15, -0.1) is 0 Å². The van der Waals surface area contributed by atoms with Crippen molar-refractivity contribution in [3.05, 3.63) is 99.2 Å². The predicted molar refractivity (Wildman–Crippen MR) is 114 cm³/mol. The normalized spacial score (nSPS) is 19.1. The van der Waals surface area contributed by atoms with Gasteiger partial charge in [-0.2, -0.15) is 4.91 Å². The molecular formula is C24H23NO6. The Kier molecular flexibility index (Phi) is 6.77. The van der Waals surface area contributed by atoms with Crippen LogP contribution in [0.25, 0.3) is 0 Å². The van der Waals surface area contributed by atoms with E-state index < -0.39 is 18.1 Å². The Labute approximate surface area is 179 Å². The van der Waals surface area contributed by atoms with E-state index in [1.807, 2.05) is 6.07 Å². The van der Waals surface area contributed by atoms with E-state index >= 15 is 0 Å². The lowest BCUT2D eigenvalue weighted by Crippen LogP contribution is -2.27. The van der Waals surface area contributed by atoms with E-state index in [2.05, 4.69) is 5.18 Å². The molecule has 31 heavy (non-hydrogen) atoms. The summed E-state index contributed by atoms with van der Waals surface area (Å²) in [7, 11) is 0. The van der Waals surface area contributed by atoms with Gasteiger partial charge in [0.1, 0.15) is 24.5 Å². The Morgan fingerprint density at radius 2 is 1.77 bits per heavy atom. The van der Waals surface area contributed by atoms with Crippen LogP contribution in [0.15, 0.2) is 77.2 Å². The van der Waals surface area contributed by atoms with E-state index in [1.165, 1.54) is 19.1 Å². The number of ketones is 1. The van der Waals surface area contributed by atoms with E-state index in [4.69, 9.17) is 9.84 Å². The Morgan fingerprint density at radius 3 is 2.42 bits per heavy atom. The molecule has 0 fully saturated rings. The highest BCUT2D eigenvalue weighted by atomic mass is 16.5. The number of aliphatic hydroxyl groups excluding tert-OH is 1. The number of carbonyl (C=O) groups is 2. The molecule has 2 aromatic carbocycles. The maximum Gasteiger partial charge on any atom is 0.335 e. The molecule has 0 aliphatic heterocycles. The number of hydrogen-bond donors (Lipinski definition) is 2. The molecule has 160 valence electrons. The van der Waals surface area contributed by atoms with E-state index in [0.29, 0.717) is 22.5 Å². The zero-order valence-electron chi connectivity index (χ0n) is 17.2. The van der Waals surface area contributed by atoms with Gasteiger partial charge in [0.25, 0.3) is 0 Å². The molecule has 0 heterocycles. The summed E-state index contributed by atoms with van der Waals surface area (Å²) in [5, 5.41) is 22.9. The van der Waals surface area contributed by atoms with Gasteiger partial charge in [0.15, 0.2) is 5.78 Å². The van der Waals surface area contributed by atoms with Crippen LogP contribution in [0.3, 0.4) is 0 Å². The first-order valence-electron chi connectivity index (χ1n) is 9.80. The van der Waals surface area contributed by atoms with E-state index in [0.717, 1.165) is 5.56 Å². The average molecular weight is 421 g/mol. The van der Waals surface area contributed by atoms with E-state index in [-0.39, 0.29) is 23.9 Å². The summed E-state index contributed by atoms with van der Waals surface area (Å²) in [5.74, 6) is -1.07. The van der Waals surface area contributed by atoms with Crippen molar-refractivity contribution >= 4 is 11.8 Å². The molecule has 0 amide bonds. The lowest BCUT2D eigenvalue weighted by molar-refractivity contribution is -0.114. The third-order valence-electron chi connectivity index (χ3n) is 5.31. The molecule has 0 bridgehead atoms. The fourth-order valence-corrected chi connectivity index (χ4v) is 3.55. The van der Waals surface area contributed by atoms with Crippen LogP contribution in [0.1, 0.15) is 47.0 Å². The van der Waals surface area contributed by atoms with Crippen LogP contribution in [0, 0.1) is 10.8 Å². The van der Waals surface area contributed by atoms with Gasteiger partial charge in [-0.05, 0) is 54.0 Å². The van der Waals surface area contributed by atoms with E-state index in [9.17, 15) is 19.6 Å². The van der Waals surface area contributed by atoms with Crippen LogP contribution < -0.4 is 0 Å². The number of nitrogens with zero attached hydrogens (tertiary/aromatic N) is 1. The van der Waals surface area contributed by atoms with E-state index in [1.54, 1.807) is 49.4 Å². The van der Waals surface area contributed by atoms with Gasteiger partial charge in [-0.3, -0.25) is 4.79 Å².